The van der Waals surface area contributed by atoms with E-state index in [1.54, 1.807) is 20.8 Å². The Kier molecular flexibility index (Phi) is 7.20. The van der Waals surface area contributed by atoms with E-state index in [1.807, 2.05) is 30.3 Å². The first-order valence-electron chi connectivity index (χ1n) is 10.6. The Balaban J connectivity index is 1.83. The van der Waals surface area contributed by atoms with E-state index < -0.39 is 41.4 Å². The fraction of sp³-hybridized carbons (Fsp3) is 0.375. The van der Waals surface area contributed by atoms with Gasteiger partial charge in [0.05, 0.1) is 18.2 Å². The number of halogens is 1. The number of alkyl carbamates (subject to hydrolysis) is 1. The van der Waals surface area contributed by atoms with E-state index in [-0.39, 0.29) is 24.3 Å². The zero-order valence-corrected chi connectivity index (χ0v) is 18.8. The molecule has 33 heavy (non-hydrogen) atoms. The summed E-state index contributed by atoms with van der Waals surface area (Å²) in [5, 5.41) is 5.28. The van der Waals surface area contributed by atoms with Crippen LogP contribution in [0.25, 0.3) is 0 Å². The molecule has 9 heteroatoms. The largest absolute Gasteiger partial charge is 0.492 e. The highest BCUT2D eigenvalue weighted by Crippen LogP contribution is 2.36. The van der Waals surface area contributed by atoms with Gasteiger partial charge in [0, 0.05) is 18.4 Å². The van der Waals surface area contributed by atoms with Crippen LogP contribution in [-0.2, 0) is 16.0 Å². The standard InChI is InChI=1S/C24H28FN3O5/c1-24(2,3)33-23(31)28-18-9-10-32-20-16(18)12-15(25)13-17(20)22(30)27-19(21(26)29)11-14-7-5-4-6-8-14/h4-8,12-13,18-19H,9-11H2,1-3H3,(H2,26,29)(H,27,30)(H,28,31)/t18?,19-/m0/s1. The lowest BCUT2D eigenvalue weighted by atomic mass is 9.96. The van der Waals surface area contributed by atoms with Crippen molar-refractivity contribution in [1.82, 2.24) is 10.6 Å². The molecular weight excluding hydrogens is 429 g/mol. The first-order valence-corrected chi connectivity index (χ1v) is 10.6. The maximum Gasteiger partial charge on any atom is 0.408 e. The third-order valence-corrected chi connectivity index (χ3v) is 4.98. The molecule has 0 saturated heterocycles. The lowest BCUT2D eigenvalue weighted by Crippen LogP contribution is -2.46. The number of rotatable bonds is 6. The van der Waals surface area contributed by atoms with Crippen LogP contribution in [0.1, 0.15) is 54.7 Å². The molecule has 1 aliphatic heterocycles. The SMILES string of the molecule is CC(C)(C)OC(=O)NC1CCOc2c(C(=O)N[C@@H](Cc3ccccc3)C(N)=O)cc(F)cc21. The number of carbonyl (C=O) groups is 3. The van der Waals surface area contributed by atoms with E-state index in [0.29, 0.717) is 12.0 Å². The molecule has 0 bridgehead atoms. The van der Waals surface area contributed by atoms with Crippen molar-refractivity contribution in [3.05, 3.63) is 65.0 Å². The molecule has 3 rings (SSSR count). The predicted molar refractivity (Wildman–Crippen MR) is 119 cm³/mol. The van der Waals surface area contributed by atoms with Gasteiger partial charge in [0.1, 0.15) is 23.2 Å². The summed E-state index contributed by atoms with van der Waals surface area (Å²) in [5.41, 5.74) is 5.82. The van der Waals surface area contributed by atoms with Crippen LogP contribution in [0.3, 0.4) is 0 Å². The first-order chi connectivity index (χ1) is 15.5. The summed E-state index contributed by atoms with van der Waals surface area (Å²) in [5.74, 6) is -1.96. The topological polar surface area (TPSA) is 120 Å². The summed E-state index contributed by atoms with van der Waals surface area (Å²) in [4.78, 5) is 37.2. The minimum Gasteiger partial charge on any atom is -0.492 e. The van der Waals surface area contributed by atoms with Crippen LogP contribution >= 0.6 is 0 Å². The number of fused-ring (bicyclic) bond motifs is 1. The highest BCUT2D eigenvalue weighted by Gasteiger charge is 2.31. The average Bonchev–Trinajstić information content (AvgIpc) is 2.72. The molecule has 8 nitrogen and oxygen atoms in total. The Morgan fingerprint density at radius 2 is 1.91 bits per heavy atom. The van der Waals surface area contributed by atoms with Crippen LogP contribution in [-0.4, -0.2) is 36.2 Å². The number of benzene rings is 2. The van der Waals surface area contributed by atoms with Crippen molar-refractivity contribution in [3.8, 4) is 5.75 Å². The van der Waals surface area contributed by atoms with Crippen LogP contribution in [0.2, 0.25) is 0 Å². The van der Waals surface area contributed by atoms with Crippen LogP contribution < -0.4 is 21.1 Å². The Morgan fingerprint density at radius 3 is 2.55 bits per heavy atom. The summed E-state index contributed by atoms with van der Waals surface area (Å²) < 4.78 is 25.4. The minimum absolute atomic E-state index is 0.0833. The molecular formula is C24H28FN3O5. The quantitative estimate of drug-likeness (QED) is 0.616. The van der Waals surface area contributed by atoms with Gasteiger partial charge in [-0.25, -0.2) is 9.18 Å². The lowest BCUT2D eigenvalue weighted by Gasteiger charge is -2.29. The number of amides is 3. The highest BCUT2D eigenvalue weighted by molar-refractivity contribution is 6.00. The summed E-state index contributed by atoms with van der Waals surface area (Å²) in [6.07, 6.45) is -0.107. The van der Waals surface area contributed by atoms with E-state index in [2.05, 4.69) is 10.6 Å². The monoisotopic (exact) mass is 457 g/mol. The van der Waals surface area contributed by atoms with E-state index in [1.165, 1.54) is 6.07 Å². The number of hydrogen-bond donors (Lipinski definition) is 3. The fourth-order valence-electron chi connectivity index (χ4n) is 3.55. The van der Waals surface area contributed by atoms with Gasteiger partial charge in [-0.3, -0.25) is 9.59 Å². The van der Waals surface area contributed by atoms with Crippen molar-refractivity contribution >= 4 is 17.9 Å². The molecule has 0 aromatic heterocycles. The van der Waals surface area contributed by atoms with Gasteiger partial charge in [0.25, 0.3) is 5.91 Å². The van der Waals surface area contributed by atoms with E-state index >= 15 is 0 Å². The van der Waals surface area contributed by atoms with Gasteiger partial charge in [-0.2, -0.15) is 0 Å². The lowest BCUT2D eigenvalue weighted by molar-refractivity contribution is -0.119. The van der Waals surface area contributed by atoms with E-state index in [4.69, 9.17) is 15.2 Å². The maximum atomic E-state index is 14.5. The van der Waals surface area contributed by atoms with Gasteiger partial charge in [0.15, 0.2) is 0 Å². The van der Waals surface area contributed by atoms with Gasteiger partial charge < -0.3 is 25.8 Å². The van der Waals surface area contributed by atoms with Crippen molar-refractivity contribution < 1.29 is 28.2 Å². The predicted octanol–water partition coefficient (Wildman–Crippen LogP) is 3.00. The molecule has 3 amide bonds. The first kappa shape index (κ1) is 24.0. The molecule has 0 aliphatic carbocycles. The molecule has 1 unspecified atom stereocenters. The minimum atomic E-state index is -1.00. The van der Waals surface area contributed by atoms with Crippen molar-refractivity contribution in [2.45, 2.75) is 51.3 Å². The molecule has 2 atom stereocenters. The Bertz CT molecular complexity index is 1040. The second kappa shape index (κ2) is 9.89. The third-order valence-electron chi connectivity index (χ3n) is 4.98. The molecule has 0 spiro atoms. The number of carbonyl (C=O) groups excluding carboxylic acids is 3. The van der Waals surface area contributed by atoms with Gasteiger partial charge in [-0.1, -0.05) is 30.3 Å². The van der Waals surface area contributed by atoms with Crippen molar-refractivity contribution in [1.29, 1.82) is 0 Å². The number of hydrogen-bond acceptors (Lipinski definition) is 5. The number of ether oxygens (including phenoxy) is 2. The second-order valence-electron chi connectivity index (χ2n) is 8.83. The maximum absolute atomic E-state index is 14.5. The van der Waals surface area contributed by atoms with Crippen LogP contribution in [0, 0.1) is 5.82 Å². The fourth-order valence-corrected chi connectivity index (χ4v) is 3.55. The summed E-state index contributed by atoms with van der Waals surface area (Å²) in [6.45, 7) is 5.40. The molecule has 0 radical (unpaired) electrons. The molecule has 2 aromatic carbocycles. The van der Waals surface area contributed by atoms with Crippen LogP contribution in [0.5, 0.6) is 5.75 Å². The molecule has 0 fully saturated rings. The van der Waals surface area contributed by atoms with Crippen molar-refractivity contribution in [2.75, 3.05) is 6.61 Å². The third kappa shape index (κ3) is 6.44. The zero-order valence-electron chi connectivity index (χ0n) is 18.8. The van der Waals surface area contributed by atoms with E-state index in [0.717, 1.165) is 11.6 Å². The number of nitrogens with one attached hydrogen (secondary N) is 2. The summed E-state index contributed by atoms with van der Waals surface area (Å²) in [6, 6.07) is 9.70. The Hall–Kier alpha value is -3.62. The van der Waals surface area contributed by atoms with E-state index in [9.17, 15) is 18.8 Å². The number of primary amides is 1. The summed E-state index contributed by atoms with van der Waals surface area (Å²) >= 11 is 0. The summed E-state index contributed by atoms with van der Waals surface area (Å²) in [7, 11) is 0. The Labute approximate surface area is 191 Å². The van der Waals surface area contributed by atoms with Gasteiger partial charge in [-0.05, 0) is 38.5 Å². The second-order valence-corrected chi connectivity index (χ2v) is 8.83. The molecule has 0 saturated carbocycles. The molecule has 1 aliphatic rings. The Morgan fingerprint density at radius 1 is 1.21 bits per heavy atom. The number of nitrogens with two attached hydrogens (primary N) is 1. The van der Waals surface area contributed by atoms with Crippen molar-refractivity contribution in [2.24, 2.45) is 5.73 Å². The zero-order chi connectivity index (χ0) is 24.2. The smallest absolute Gasteiger partial charge is 0.408 e. The average molecular weight is 458 g/mol. The van der Waals surface area contributed by atoms with Crippen molar-refractivity contribution in [3.63, 3.8) is 0 Å². The normalized spacial score (nSPS) is 16.1. The van der Waals surface area contributed by atoms with Gasteiger partial charge in [-0.15, -0.1) is 0 Å². The molecule has 1 heterocycles. The van der Waals surface area contributed by atoms with Crippen LogP contribution in [0.15, 0.2) is 42.5 Å². The highest BCUT2D eigenvalue weighted by atomic mass is 19.1. The molecule has 2 aromatic rings. The van der Waals surface area contributed by atoms with Crippen LogP contribution in [0.4, 0.5) is 9.18 Å². The van der Waals surface area contributed by atoms with Gasteiger partial charge in [0.2, 0.25) is 5.91 Å². The van der Waals surface area contributed by atoms with Gasteiger partial charge >= 0.3 is 6.09 Å². The molecule has 4 N–H and O–H groups in total. The molecule has 176 valence electrons.